The quantitative estimate of drug-likeness (QED) is 0.358. The monoisotopic (exact) mass is 525 g/mol. The second-order valence-electron chi connectivity index (χ2n) is 8.93. The molecular formula is C28H29Cl2N3O3. The van der Waals surface area contributed by atoms with Crippen LogP contribution in [0.25, 0.3) is 4.85 Å². The molecule has 0 aromatic heterocycles. The Morgan fingerprint density at radius 3 is 2.39 bits per heavy atom. The van der Waals surface area contributed by atoms with E-state index < -0.39 is 6.10 Å². The van der Waals surface area contributed by atoms with Gasteiger partial charge in [-0.25, -0.2) is 4.85 Å². The lowest BCUT2D eigenvalue weighted by Crippen LogP contribution is -2.50. The molecule has 6 nitrogen and oxygen atoms in total. The van der Waals surface area contributed by atoms with E-state index in [1.165, 1.54) is 0 Å². The van der Waals surface area contributed by atoms with E-state index in [2.05, 4.69) is 14.6 Å². The molecule has 1 heterocycles. The number of anilines is 1. The van der Waals surface area contributed by atoms with E-state index in [-0.39, 0.29) is 25.3 Å². The van der Waals surface area contributed by atoms with Crippen LogP contribution in [0.2, 0.25) is 10.0 Å². The molecule has 188 valence electrons. The lowest BCUT2D eigenvalue weighted by molar-refractivity contribution is 0.103. The molecule has 0 aliphatic carbocycles. The number of ether oxygens (including phenoxy) is 1. The number of hydrogen-bond donors (Lipinski definition) is 2. The summed E-state index contributed by atoms with van der Waals surface area (Å²) in [5.41, 5.74) is 3.54. The van der Waals surface area contributed by atoms with Crippen LogP contribution >= 0.6 is 23.2 Å². The molecule has 3 aromatic carbocycles. The fraction of sp³-hybridized carbons (Fsp3) is 0.321. The number of piperazine rings is 1. The second kappa shape index (κ2) is 12.0. The molecular weight excluding hydrogens is 497 g/mol. The predicted octanol–water partition coefficient (Wildman–Crippen LogP) is 5.90. The van der Waals surface area contributed by atoms with E-state index in [1.807, 2.05) is 48.5 Å². The molecule has 0 radical (unpaired) electrons. The summed E-state index contributed by atoms with van der Waals surface area (Å²) in [6.07, 6.45) is -0.567. The van der Waals surface area contributed by atoms with Gasteiger partial charge in [-0.15, -0.1) is 0 Å². The standard InChI is InChI=1S/C28H29Cl2N3O3/c1-19(35)18-36-24-11-12-26(25(30)15-24)33-14-13-32(16-27(33)20-3-7-22(29)8-4-20)28(17-34)21-5-9-23(31-2)10-6-21/h3-12,15,19,27-28,34-35H,13-14,16-18H2,1H3/t19-,27-,28+/m0/s1. The first-order valence-corrected chi connectivity index (χ1v) is 12.6. The maximum absolute atomic E-state index is 10.3. The van der Waals surface area contributed by atoms with Gasteiger partial charge in [0.15, 0.2) is 5.69 Å². The lowest BCUT2D eigenvalue weighted by atomic mass is 9.98. The van der Waals surface area contributed by atoms with Crippen molar-refractivity contribution < 1.29 is 14.9 Å². The molecule has 3 aromatic rings. The molecule has 0 saturated carbocycles. The molecule has 3 atom stereocenters. The van der Waals surface area contributed by atoms with Gasteiger partial charge in [0, 0.05) is 30.7 Å². The van der Waals surface area contributed by atoms with E-state index in [9.17, 15) is 10.2 Å². The molecule has 0 bridgehead atoms. The molecule has 1 aliphatic heterocycles. The van der Waals surface area contributed by atoms with Crippen LogP contribution in [0.15, 0.2) is 66.7 Å². The molecule has 1 aliphatic rings. The highest BCUT2D eigenvalue weighted by Crippen LogP contribution is 2.39. The van der Waals surface area contributed by atoms with Crippen LogP contribution in [0.1, 0.15) is 30.1 Å². The van der Waals surface area contributed by atoms with E-state index in [4.69, 9.17) is 34.5 Å². The third-order valence-corrected chi connectivity index (χ3v) is 6.96. The number of aliphatic hydroxyl groups excluding tert-OH is 2. The molecule has 1 saturated heterocycles. The maximum Gasteiger partial charge on any atom is 0.187 e. The van der Waals surface area contributed by atoms with Crippen LogP contribution < -0.4 is 9.64 Å². The van der Waals surface area contributed by atoms with Crippen molar-refractivity contribution in [2.75, 3.05) is 37.7 Å². The predicted molar refractivity (Wildman–Crippen MR) is 144 cm³/mol. The van der Waals surface area contributed by atoms with Gasteiger partial charge < -0.3 is 19.8 Å². The highest BCUT2D eigenvalue weighted by atomic mass is 35.5. The zero-order valence-electron chi connectivity index (χ0n) is 20.0. The number of halogens is 2. The minimum atomic E-state index is -0.567. The summed E-state index contributed by atoms with van der Waals surface area (Å²) in [5, 5.41) is 21.1. The van der Waals surface area contributed by atoms with Crippen LogP contribution in [0.5, 0.6) is 5.75 Å². The van der Waals surface area contributed by atoms with Gasteiger partial charge in [0.25, 0.3) is 0 Å². The minimum Gasteiger partial charge on any atom is -0.491 e. The summed E-state index contributed by atoms with van der Waals surface area (Å²) in [5.74, 6) is 0.606. The van der Waals surface area contributed by atoms with E-state index >= 15 is 0 Å². The molecule has 1 fully saturated rings. The number of rotatable bonds is 8. The molecule has 36 heavy (non-hydrogen) atoms. The Bertz CT molecular complexity index is 1200. The van der Waals surface area contributed by atoms with E-state index in [0.29, 0.717) is 34.6 Å². The smallest absolute Gasteiger partial charge is 0.187 e. The van der Waals surface area contributed by atoms with Crippen molar-refractivity contribution in [3.05, 3.63) is 99.3 Å². The summed E-state index contributed by atoms with van der Waals surface area (Å²) in [6.45, 7) is 11.1. The van der Waals surface area contributed by atoms with Crippen LogP contribution in [0.3, 0.4) is 0 Å². The van der Waals surface area contributed by atoms with Gasteiger partial charge in [0.2, 0.25) is 0 Å². The Labute approximate surface area is 222 Å². The Balaban J connectivity index is 1.63. The van der Waals surface area contributed by atoms with Gasteiger partial charge >= 0.3 is 0 Å². The third-order valence-electron chi connectivity index (χ3n) is 6.41. The normalized spacial score (nSPS) is 17.9. The highest BCUT2D eigenvalue weighted by Gasteiger charge is 2.33. The average molecular weight is 526 g/mol. The highest BCUT2D eigenvalue weighted by molar-refractivity contribution is 6.33. The number of nitrogens with zero attached hydrogens (tertiary/aromatic N) is 3. The number of hydrogen-bond acceptors (Lipinski definition) is 5. The van der Waals surface area contributed by atoms with Gasteiger partial charge in [-0.05, 0) is 42.3 Å². The Hall–Kier alpha value is -2.79. The molecule has 0 unspecified atom stereocenters. The maximum atomic E-state index is 10.3. The second-order valence-corrected chi connectivity index (χ2v) is 9.77. The van der Waals surface area contributed by atoms with Crippen molar-refractivity contribution in [1.82, 2.24) is 4.90 Å². The lowest BCUT2D eigenvalue weighted by Gasteiger charge is -2.46. The largest absolute Gasteiger partial charge is 0.491 e. The van der Waals surface area contributed by atoms with Gasteiger partial charge in [-0.3, -0.25) is 4.90 Å². The topological polar surface area (TPSA) is 60.5 Å². The first-order valence-electron chi connectivity index (χ1n) is 11.8. The summed E-state index contributed by atoms with van der Waals surface area (Å²) in [7, 11) is 0. The molecule has 8 heteroatoms. The van der Waals surface area contributed by atoms with E-state index in [1.54, 1.807) is 25.1 Å². The average Bonchev–Trinajstić information content (AvgIpc) is 2.89. The van der Waals surface area contributed by atoms with Crippen molar-refractivity contribution in [1.29, 1.82) is 0 Å². The first-order chi connectivity index (χ1) is 17.4. The number of aliphatic hydroxyl groups is 2. The van der Waals surface area contributed by atoms with Crippen molar-refractivity contribution in [3.8, 4) is 5.75 Å². The molecule has 4 rings (SSSR count). The first kappa shape index (κ1) is 26.3. The third kappa shape index (κ3) is 6.12. The van der Waals surface area contributed by atoms with Crippen molar-refractivity contribution in [2.24, 2.45) is 0 Å². The Kier molecular flexibility index (Phi) is 8.73. The van der Waals surface area contributed by atoms with Crippen molar-refractivity contribution in [2.45, 2.75) is 25.1 Å². The fourth-order valence-corrected chi connectivity index (χ4v) is 4.98. The van der Waals surface area contributed by atoms with Crippen LogP contribution in [0.4, 0.5) is 11.4 Å². The number of benzene rings is 3. The molecule has 0 spiro atoms. The van der Waals surface area contributed by atoms with Crippen LogP contribution in [-0.4, -0.2) is 54.1 Å². The van der Waals surface area contributed by atoms with Gasteiger partial charge in [-0.2, -0.15) is 0 Å². The summed E-state index contributed by atoms with van der Waals surface area (Å²) < 4.78 is 5.62. The van der Waals surface area contributed by atoms with Crippen molar-refractivity contribution in [3.63, 3.8) is 0 Å². The zero-order valence-corrected chi connectivity index (χ0v) is 21.5. The van der Waals surface area contributed by atoms with Gasteiger partial charge in [-0.1, -0.05) is 59.6 Å². The Morgan fingerprint density at radius 2 is 1.78 bits per heavy atom. The summed E-state index contributed by atoms with van der Waals surface area (Å²) in [6, 6.07) is 20.6. The fourth-order valence-electron chi connectivity index (χ4n) is 4.58. The summed E-state index contributed by atoms with van der Waals surface area (Å²) in [4.78, 5) is 8.02. The SMILES string of the molecule is [C-]#[N+]c1ccc([C@@H](CO)N2CCN(c3ccc(OC[C@H](C)O)cc3Cl)[C@H](c3ccc(Cl)cc3)C2)cc1. The molecule has 0 amide bonds. The van der Waals surface area contributed by atoms with Gasteiger partial charge in [0.05, 0.1) is 42.1 Å². The summed E-state index contributed by atoms with van der Waals surface area (Å²) >= 11 is 12.9. The Morgan fingerprint density at radius 1 is 1.06 bits per heavy atom. The minimum absolute atomic E-state index is 0.0270. The van der Waals surface area contributed by atoms with Gasteiger partial charge in [0.1, 0.15) is 12.4 Å². The van der Waals surface area contributed by atoms with Crippen LogP contribution in [0, 0.1) is 6.57 Å². The van der Waals surface area contributed by atoms with Crippen LogP contribution in [-0.2, 0) is 0 Å². The van der Waals surface area contributed by atoms with E-state index in [0.717, 1.165) is 23.4 Å². The zero-order chi connectivity index (χ0) is 25.7. The molecule has 2 N–H and O–H groups in total. The van der Waals surface area contributed by atoms with Crippen molar-refractivity contribution >= 4 is 34.6 Å².